The van der Waals surface area contributed by atoms with Crippen LogP contribution in [0.15, 0.2) is 30.3 Å². The first-order chi connectivity index (χ1) is 10.0. The molecule has 0 amide bonds. The van der Waals surface area contributed by atoms with Crippen molar-refractivity contribution in [3.63, 3.8) is 0 Å². The largest absolute Gasteiger partial charge is 0.356 e. The first kappa shape index (κ1) is 14.5. The third-order valence-electron chi connectivity index (χ3n) is 4.27. The van der Waals surface area contributed by atoms with Gasteiger partial charge in [0.05, 0.1) is 17.3 Å². The quantitative estimate of drug-likeness (QED) is 0.794. The van der Waals surface area contributed by atoms with E-state index in [1.54, 1.807) is 0 Å². The van der Waals surface area contributed by atoms with Crippen molar-refractivity contribution >= 4 is 17.4 Å². The fourth-order valence-electron chi connectivity index (χ4n) is 3.07. The van der Waals surface area contributed by atoms with Gasteiger partial charge in [-0.3, -0.25) is 0 Å². The molecule has 3 nitrogen and oxygen atoms in total. The first-order valence-electron chi connectivity index (χ1n) is 7.47. The second-order valence-electron chi connectivity index (χ2n) is 6.60. The molecule has 1 aliphatic rings. The van der Waals surface area contributed by atoms with Gasteiger partial charge in [-0.2, -0.15) is 5.10 Å². The normalized spacial score (nSPS) is 17.4. The predicted octanol–water partition coefficient (Wildman–Crippen LogP) is 4.16. The maximum absolute atomic E-state index is 6.21. The minimum atomic E-state index is 0.350. The summed E-state index contributed by atoms with van der Waals surface area (Å²) < 4.78 is 2.05. The van der Waals surface area contributed by atoms with Crippen molar-refractivity contribution in [1.82, 2.24) is 9.78 Å². The van der Waals surface area contributed by atoms with Gasteiger partial charge in [-0.05, 0) is 30.9 Å². The van der Waals surface area contributed by atoms with Gasteiger partial charge in [0.15, 0.2) is 0 Å². The molecule has 0 bridgehead atoms. The van der Waals surface area contributed by atoms with Crippen molar-refractivity contribution in [1.29, 1.82) is 0 Å². The van der Waals surface area contributed by atoms with Crippen LogP contribution in [0.4, 0.5) is 5.82 Å². The van der Waals surface area contributed by atoms with Crippen LogP contribution in [-0.4, -0.2) is 22.9 Å². The Bertz CT molecular complexity index is 631. The Morgan fingerprint density at radius 3 is 2.52 bits per heavy atom. The maximum atomic E-state index is 6.21. The molecule has 1 saturated heterocycles. The second-order valence-corrected chi connectivity index (χ2v) is 6.87. The number of aryl methyl sites for hydroxylation is 1. The summed E-state index contributed by atoms with van der Waals surface area (Å²) >= 11 is 6.21. The molecule has 4 heteroatoms. The Kier molecular flexibility index (Phi) is 3.70. The number of alkyl halides is 1. The van der Waals surface area contributed by atoms with Crippen molar-refractivity contribution in [2.75, 3.05) is 18.0 Å². The number of anilines is 1. The zero-order valence-electron chi connectivity index (χ0n) is 12.9. The third kappa shape index (κ3) is 2.67. The van der Waals surface area contributed by atoms with Gasteiger partial charge in [-0.1, -0.05) is 32.0 Å². The lowest BCUT2D eigenvalue weighted by Crippen LogP contribution is -2.26. The summed E-state index contributed by atoms with van der Waals surface area (Å²) in [6.07, 6.45) is 1.20. The highest BCUT2D eigenvalue weighted by atomic mass is 35.5. The van der Waals surface area contributed by atoms with E-state index in [-0.39, 0.29) is 0 Å². The van der Waals surface area contributed by atoms with Crippen LogP contribution in [-0.2, 0) is 5.88 Å². The lowest BCUT2D eigenvalue weighted by Gasteiger charge is -2.23. The van der Waals surface area contributed by atoms with Gasteiger partial charge < -0.3 is 4.90 Å². The van der Waals surface area contributed by atoms with Gasteiger partial charge in [0.25, 0.3) is 0 Å². The molecule has 1 fully saturated rings. The molecule has 0 saturated carbocycles. The van der Waals surface area contributed by atoms with Crippen LogP contribution in [0.5, 0.6) is 0 Å². The van der Waals surface area contributed by atoms with E-state index in [1.165, 1.54) is 12.2 Å². The molecule has 1 aromatic heterocycles. The van der Waals surface area contributed by atoms with Gasteiger partial charge in [0.1, 0.15) is 5.82 Å². The van der Waals surface area contributed by atoms with E-state index in [9.17, 15) is 0 Å². The standard InChI is InChI=1S/C17H22ClN3/c1-13-15(11-18)16(20-10-9-17(2,3)12-20)21(19-13)14-7-5-4-6-8-14/h4-8H,9-12H2,1-3H3. The van der Waals surface area contributed by atoms with Gasteiger partial charge in [0, 0.05) is 18.7 Å². The highest BCUT2D eigenvalue weighted by molar-refractivity contribution is 6.17. The lowest BCUT2D eigenvalue weighted by molar-refractivity contribution is 0.418. The van der Waals surface area contributed by atoms with Crippen LogP contribution in [0, 0.1) is 12.3 Å². The Morgan fingerprint density at radius 1 is 1.24 bits per heavy atom. The molecule has 0 spiro atoms. The zero-order chi connectivity index (χ0) is 15.0. The average Bonchev–Trinajstić information content (AvgIpc) is 2.99. The molecule has 0 radical (unpaired) electrons. The molecule has 0 unspecified atom stereocenters. The van der Waals surface area contributed by atoms with Crippen LogP contribution in [0.1, 0.15) is 31.5 Å². The van der Waals surface area contributed by atoms with E-state index in [0.29, 0.717) is 11.3 Å². The SMILES string of the molecule is Cc1nn(-c2ccccc2)c(N2CCC(C)(C)C2)c1CCl. The molecule has 1 aromatic carbocycles. The summed E-state index contributed by atoms with van der Waals surface area (Å²) in [6.45, 7) is 8.80. The molecule has 0 N–H and O–H groups in total. The number of nitrogens with zero attached hydrogens (tertiary/aromatic N) is 3. The smallest absolute Gasteiger partial charge is 0.137 e. The molecular weight excluding hydrogens is 282 g/mol. The fraction of sp³-hybridized carbons (Fsp3) is 0.471. The second kappa shape index (κ2) is 5.38. The van der Waals surface area contributed by atoms with E-state index in [1.807, 2.05) is 25.1 Å². The summed E-state index contributed by atoms with van der Waals surface area (Å²) in [5.74, 6) is 1.67. The Morgan fingerprint density at radius 2 is 1.95 bits per heavy atom. The molecular formula is C17H22ClN3. The summed E-state index contributed by atoms with van der Waals surface area (Å²) in [5, 5.41) is 4.73. The number of halogens is 1. The summed E-state index contributed by atoms with van der Waals surface area (Å²) in [6, 6.07) is 10.3. The number of aromatic nitrogens is 2. The van der Waals surface area contributed by atoms with Gasteiger partial charge in [-0.25, -0.2) is 4.68 Å². The molecule has 0 atom stereocenters. The molecule has 3 rings (SSSR count). The summed E-state index contributed by atoms with van der Waals surface area (Å²) in [4.78, 5) is 2.44. The Hall–Kier alpha value is -1.48. The van der Waals surface area contributed by atoms with E-state index < -0.39 is 0 Å². The number of hydrogen-bond acceptors (Lipinski definition) is 2. The van der Waals surface area contributed by atoms with Gasteiger partial charge in [0.2, 0.25) is 0 Å². The topological polar surface area (TPSA) is 21.1 Å². The summed E-state index contributed by atoms with van der Waals surface area (Å²) in [5.41, 5.74) is 3.62. The number of hydrogen-bond donors (Lipinski definition) is 0. The van der Waals surface area contributed by atoms with E-state index >= 15 is 0 Å². The van der Waals surface area contributed by atoms with Crippen molar-refractivity contribution in [3.05, 3.63) is 41.6 Å². The third-order valence-corrected chi connectivity index (χ3v) is 4.54. The van der Waals surface area contributed by atoms with Gasteiger partial charge >= 0.3 is 0 Å². The van der Waals surface area contributed by atoms with E-state index in [0.717, 1.165) is 30.0 Å². The monoisotopic (exact) mass is 303 g/mol. The lowest BCUT2D eigenvalue weighted by atomic mass is 9.93. The van der Waals surface area contributed by atoms with E-state index in [4.69, 9.17) is 16.7 Å². The van der Waals surface area contributed by atoms with Crippen LogP contribution in [0.3, 0.4) is 0 Å². The van der Waals surface area contributed by atoms with Crippen LogP contribution < -0.4 is 4.90 Å². The molecule has 2 heterocycles. The highest BCUT2D eigenvalue weighted by Crippen LogP contribution is 2.36. The number of para-hydroxylation sites is 1. The minimum absolute atomic E-state index is 0.350. The van der Waals surface area contributed by atoms with Crippen molar-refractivity contribution in [2.24, 2.45) is 5.41 Å². The van der Waals surface area contributed by atoms with Crippen LogP contribution in [0.2, 0.25) is 0 Å². The first-order valence-corrected chi connectivity index (χ1v) is 8.00. The fourth-order valence-corrected chi connectivity index (χ4v) is 3.38. The molecule has 112 valence electrons. The number of benzene rings is 1. The zero-order valence-corrected chi connectivity index (χ0v) is 13.7. The summed E-state index contributed by atoms with van der Waals surface area (Å²) in [7, 11) is 0. The molecule has 1 aliphatic heterocycles. The van der Waals surface area contributed by atoms with Crippen LogP contribution >= 0.6 is 11.6 Å². The van der Waals surface area contributed by atoms with Gasteiger partial charge in [-0.15, -0.1) is 11.6 Å². The number of rotatable bonds is 3. The highest BCUT2D eigenvalue weighted by Gasteiger charge is 2.33. The average molecular weight is 304 g/mol. The Labute approximate surface area is 131 Å². The minimum Gasteiger partial charge on any atom is -0.356 e. The maximum Gasteiger partial charge on any atom is 0.137 e. The predicted molar refractivity (Wildman–Crippen MR) is 88.5 cm³/mol. The van der Waals surface area contributed by atoms with E-state index in [2.05, 4.69) is 35.6 Å². The molecule has 0 aliphatic carbocycles. The van der Waals surface area contributed by atoms with Crippen molar-refractivity contribution < 1.29 is 0 Å². The Balaban J connectivity index is 2.10. The van der Waals surface area contributed by atoms with Crippen molar-refractivity contribution in [3.8, 4) is 5.69 Å². The van der Waals surface area contributed by atoms with Crippen molar-refractivity contribution in [2.45, 2.75) is 33.1 Å². The molecule has 21 heavy (non-hydrogen) atoms. The van der Waals surface area contributed by atoms with Crippen LogP contribution in [0.25, 0.3) is 5.69 Å². The molecule has 2 aromatic rings.